The van der Waals surface area contributed by atoms with E-state index in [0.717, 1.165) is 50.8 Å². The summed E-state index contributed by atoms with van der Waals surface area (Å²) in [7, 11) is -3.49. The van der Waals surface area contributed by atoms with Crippen molar-refractivity contribution in [3.63, 3.8) is 0 Å². The van der Waals surface area contributed by atoms with Crippen molar-refractivity contribution in [2.24, 2.45) is 5.92 Å². The van der Waals surface area contributed by atoms with Gasteiger partial charge in [-0.15, -0.1) is 0 Å². The Balaban J connectivity index is 1.11. The van der Waals surface area contributed by atoms with Gasteiger partial charge >= 0.3 is 12.3 Å². The lowest BCUT2D eigenvalue weighted by atomic mass is 9.79. The molecule has 2 saturated carbocycles. The maximum absolute atomic E-state index is 14.3. The predicted molar refractivity (Wildman–Crippen MR) is 130 cm³/mol. The van der Waals surface area contributed by atoms with E-state index in [9.17, 15) is 30.8 Å². The van der Waals surface area contributed by atoms with Crippen LogP contribution in [0.4, 0.5) is 22.4 Å². The van der Waals surface area contributed by atoms with Crippen molar-refractivity contribution in [1.82, 2.24) is 9.80 Å². The Hall–Kier alpha value is -2.08. The topological polar surface area (TPSA) is 76.2 Å². The molecule has 2 aliphatic heterocycles. The highest BCUT2D eigenvalue weighted by atomic mass is 32.2. The van der Waals surface area contributed by atoms with Crippen LogP contribution in [0.25, 0.3) is 0 Å². The molecule has 2 bridgehead atoms. The van der Waals surface area contributed by atoms with Gasteiger partial charge in [0.2, 0.25) is 5.60 Å². The molecule has 0 radical (unpaired) electrons. The third kappa shape index (κ3) is 5.35. The first-order chi connectivity index (χ1) is 17.9. The molecule has 1 aromatic carbocycles. The summed E-state index contributed by atoms with van der Waals surface area (Å²) in [6, 6.07) is 4.23. The molecule has 212 valence electrons. The van der Waals surface area contributed by atoms with Gasteiger partial charge < -0.3 is 14.4 Å². The SMILES string of the molecule is CS(=O)(=O)c1ccc(OC[C@H]2CC[C@H](N3C4CCC3CN(C(=O)OC3(C(F)(F)F)CCC3)C4)CC2)c(F)c1. The number of rotatable bonds is 6. The van der Waals surface area contributed by atoms with Crippen LogP contribution in [-0.2, 0) is 14.6 Å². The van der Waals surface area contributed by atoms with Crippen LogP contribution in [0, 0.1) is 11.7 Å². The number of likely N-dealkylation sites (tertiary alicyclic amines) is 1. The predicted octanol–water partition coefficient (Wildman–Crippen LogP) is 4.94. The molecule has 0 spiro atoms. The Kier molecular flexibility index (Phi) is 7.34. The van der Waals surface area contributed by atoms with Gasteiger partial charge in [0, 0.05) is 37.5 Å². The van der Waals surface area contributed by atoms with Crippen molar-refractivity contribution in [2.75, 3.05) is 26.0 Å². The molecule has 1 aromatic rings. The van der Waals surface area contributed by atoms with Crippen LogP contribution >= 0.6 is 0 Å². The number of halogens is 4. The average Bonchev–Trinajstić information content (AvgIpc) is 3.08. The normalized spacial score (nSPS) is 29.6. The fourth-order valence-electron chi connectivity index (χ4n) is 6.50. The number of carbonyl (C=O) groups is 1. The maximum atomic E-state index is 14.3. The minimum absolute atomic E-state index is 0.0368. The molecule has 12 heteroatoms. The summed E-state index contributed by atoms with van der Waals surface area (Å²) >= 11 is 0. The highest BCUT2D eigenvalue weighted by Gasteiger charge is 2.62. The Morgan fingerprint density at radius 3 is 2.13 bits per heavy atom. The number of alkyl halides is 3. The molecule has 2 unspecified atom stereocenters. The van der Waals surface area contributed by atoms with E-state index in [1.807, 2.05) is 0 Å². The Bertz CT molecular complexity index is 1130. The fraction of sp³-hybridized carbons (Fsp3) is 0.731. The number of sulfone groups is 1. The molecule has 5 rings (SSSR count). The molecule has 2 saturated heterocycles. The molecule has 38 heavy (non-hydrogen) atoms. The summed E-state index contributed by atoms with van der Waals surface area (Å²) in [6.07, 6.45) is 1.16. The second-order valence-corrected chi connectivity index (χ2v) is 13.3. The second kappa shape index (κ2) is 10.1. The van der Waals surface area contributed by atoms with Crippen LogP contribution in [-0.4, -0.2) is 80.2 Å². The maximum Gasteiger partial charge on any atom is 0.428 e. The summed E-state index contributed by atoms with van der Waals surface area (Å²) in [4.78, 5) is 16.5. The summed E-state index contributed by atoms with van der Waals surface area (Å²) in [5, 5.41) is 0. The van der Waals surface area contributed by atoms with Gasteiger partial charge in [-0.1, -0.05) is 0 Å². The largest absolute Gasteiger partial charge is 0.490 e. The van der Waals surface area contributed by atoms with Crippen LogP contribution in [0.2, 0.25) is 0 Å². The third-order valence-electron chi connectivity index (χ3n) is 8.80. The van der Waals surface area contributed by atoms with E-state index in [1.165, 1.54) is 17.0 Å². The van der Waals surface area contributed by atoms with E-state index in [0.29, 0.717) is 32.2 Å². The van der Waals surface area contributed by atoms with Crippen LogP contribution in [0.1, 0.15) is 57.8 Å². The number of piperazine rings is 1. The van der Waals surface area contributed by atoms with Crippen molar-refractivity contribution in [3.05, 3.63) is 24.0 Å². The summed E-state index contributed by atoms with van der Waals surface area (Å²) in [6.45, 7) is 1.11. The highest BCUT2D eigenvalue weighted by Crippen LogP contribution is 2.48. The van der Waals surface area contributed by atoms with Crippen molar-refractivity contribution in [2.45, 2.75) is 92.6 Å². The van der Waals surface area contributed by atoms with Crippen LogP contribution in [0.15, 0.2) is 23.1 Å². The third-order valence-corrected chi connectivity index (χ3v) is 9.91. The van der Waals surface area contributed by atoms with E-state index < -0.39 is 33.5 Å². The van der Waals surface area contributed by atoms with Gasteiger partial charge in [0.05, 0.1) is 11.5 Å². The van der Waals surface area contributed by atoms with Gasteiger partial charge in [0.1, 0.15) is 0 Å². The molecular formula is C26H34F4N2O5S. The molecule has 4 aliphatic rings. The quantitative estimate of drug-likeness (QED) is 0.458. The lowest BCUT2D eigenvalue weighted by molar-refractivity contribution is -0.286. The lowest BCUT2D eigenvalue weighted by Gasteiger charge is -2.48. The summed E-state index contributed by atoms with van der Waals surface area (Å²) < 4.78 is 88.6. The molecule has 0 N–H and O–H groups in total. The molecule has 4 fully saturated rings. The first-order valence-electron chi connectivity index (χ1n) is 13.3. The van der Waals surface area contributed by atoms with Gasteiger partial charge in [-0.05, 0) is 81.9 Å². The van der Waals surface area contributed by atoms with E-state index in [4.69, 9.17) is 9.47 Å². The smallest absolute Gasteiger partial charge is 0.428 e. The van der Waals surface area contributed by atoms with Gasteiger partial charge in [0.25, 0.3) is 0 Å². The zero-order valence-electron chi connectivity index (χ0n) is 21.4. The average molecular weight is 563 g/mol. The van der Waals surface area contributed by atoms with E-state index in [-0.39, 0.29) is 41.5 Å². The van der Waals surface area contributed by atoms with Crippen molar-refractivity contribution >= 4 is 15.9 Å². The van der Waals surface area contributed by atoms with Gasteiger partial charge in [-0.3, -0.25) is 4.90 Å². The standard InChI is InChI=1S/C26H34F4N2O5S/c1-38(34,35)21-9-10-23(22(27)13-21)36-16-17-3-5-18(6-4-17)32-19-7-8-20(32)15-31(14-19)24(33)37-25(11-2-12-25)26(28,29)30/h9-10,13,17-20H,2-8,11-12,14-16H2,1H3/t17-,18-,19?,20?. The molecule has 2 atom stereocenters. The van der Waals surface area contributed by atoms with Crippen molar-refractivity contribution < 1.29 is 40.2 Å². The Morgan fingerprint density at radius 1 is 1.03 bits per heavy atom. The number of nitrogens with zero attached hydrogens (tertiary/aromatic N) is 2. The van der Waals surface area contributed by atoms with Gasteiger partial charge in [-0.25, -0.2) is 17.6 Å². The zero-order chi connectivity index (χ0) is 27.3. The van der Waals surface area contributed by atoms with Crippen LogP contribution in [0.3, 0.4) is 0 Å². The molecular weight excluding hydrogens is 528 g/mol. The zero-order valence-corrected chi connectivity index (χ0v) is 22.2. The Morgan fingerprint density at radius 2 is 1.63 bits per heavy atom. The summed E-state index contributed by atoms with van der Waals surface area (Å²) in [5.74, 6) is -0.419. The highest BCUT2D eigenvalue weighted by molar-refractivity contribution is 7.90. The first-order valence-corrected chi connectivity index (χ1v) is 15.2. The molecule has 7 nitrogen and oxygen atoms in total. The number of hydrogen-bond acceptors (Lipinski definition) is 6. The molecule has 2 heterocycles. The van der Waals surface area contributed by atoms with Crippen molar-refractivity contribution in [3.8, 4) is 5.75 Å². The molecule has 1 amide bonds. The number of ether oxygens (including phenoxy) is 2. The Labute approximate surface area is 220 Å². The monoisotopic (exact) mass is 562 g/mol. The summed E-state index contributed by atoms with van der Waals surface area (Å²) in [5.41, 5.74) is -2.32. The van der Waals surface area contributed by atoms with Gasteiger partial charge in [-0.2, -0.15) is 13.2 Å². The van der Waals surface area contributed by atoms with Crippen molar-refractivity contribution in [1.29, 1.82) is 0 Å². The number of amides is 1. The lowest BCUT2D eigenvalue weighted by Crippen LogP contribution is -2.61. The van der Waals surface area contributed by atoms with E-state index in [2.05, 4.69) is 4.90 Å². The minimum atomic E-state index is -4.55. The first kappa shape index (κ1) is 27.5. The van der Waals surface area contributed by atoms with Crippen LogP contribution in [0.5, 0.6) is 5.75 Å². The number of hydrogen-bond donors (Lipinski definition) is 0. The number of carbonyl (C=O) groups excluding carboxylic acids is 1. The van der Waals surface area contributed by atoms with E-state index >= 15 is 0 Å². The number of fused-ring (bicyclic) bond motifs is 2. The van der Waals surface area contributed by atoms with E-state index in [1.54, 1.807) is 0 Å². The fourth-order valence-corrected chi connectivity index (χ4v) is 7.13. The molecule has 0 aromatic heterocycles. The second-order valence-electron chi connectivity index (χ2n) is 11.3. The molecule has 2 aliphatic carbocycles. The van der Waals surface area contributed by atoms with Gasteiger partial charge in [0.15, 0.2) is 21.4 Å². The van der Waals surface area contributed by atoms with Crippen LogP contribution < -0.4 is 4.74 Å². The minimum Gasteiger partial charge on any atom is -0.490 e. The number of benzene rings is 1.